The molecule has 31 heavy (non-hydrogen) atoms. The van der Waals surface area contributed by atoms with E-state index in [1.807, 2.05) is 12.1 Å². The third kappa shape index (κ3) is 5.37. The molecule has 0 saturated carbocycles. The highest BCUT2D eigenvalue weighted by molar-refractivity contribution is 6.03. The maximum atomic E-state index is 12.8. The van der Waals surface area contributed by atoms with Crippen LogP contribution in [0.4, 0.5) is 18.9 Å². The summed E-state index contributed by atoms with van der Waals surface area (Å²) in [5.74, 6) is -1.82. The fourth-order valence-corrected chi connectivity index (χ4v) is 2.94. The second-order valence-corrected chi connectivity index (χ2v) is 6.55. The predicted molar refractivity (Wildman–Crippen MR) is 107 cm³/mol. The molecule has 0 unspecified atom stereocenters. The molecule has 1 atom stereocenters. The third-order valence-electron chi connectivity index (χ3n) is 4.44. The summed E-state index contributed by atoms with van der Waals surface area (Å²) >= 11 is 0. The Morgan fingerprint density at radius 3 is 2.68 bits per heavy atom. The lowest BCUT2D eigenvalue weighted by Gasteiger charge is -2.24. The number of carbonyl (C=O) groups is 1. The number of hydrogen-bond donors (Lipinski definition) is 2. The maximum absolute atomic E-state index is 12.8. The Bertz CT molecular complexity index is 1040. The molecule has 1 aliphatic rings. The largest absolute Gasteiger partial charge is 0.451 e. The topological polar surface area (TPSA) is 94.0 Å². The van der Waals surface area contributed by atoms with Crippen LogP contribution < -0.4 is 10.6 Å². The first-order valence-electron chi connectivity index (χ1n) is 9.09. The molecule has 1 amide bonds. The van der Waals surface area contributed by atoms with Gasteiger partial charge in [0.25, 0.3) is 5.91 Å². The number of benzene rings is 1. The second-order valence-electron chi connectivity index (χ2n) is 6.55. The van der Waals surface area contributed by atoms with Crippen molar-refractivity contribution in [2.24, 2.45) is 0 Å². The van der Waals surface area contributed by atoms with E-state index in [0.29, 0.717) is 12.3 Å². The van der Waals surface area contributed by atoms with Gasteiger partial charge in [0.05, 0.1) is 24.5 Å². The van der Waals surface area contributed by atoms with E-state index in [1.165, 1.54) is 18.5 Å². The molecule has 4 rings (SSSR count). The average Bonchev–Trinajstić information content (AvgIpc) is 3.25. The molecule has 1 aliphatic heterocycles. The zero-order chi connectivity index (χ0) is 21.1. The highest BCUT2D eigenvalue weighted by Crippen LogP contribution is 2.26. The van der Waals surface area contributed by atoms with Crippen molar-refractivity contribution in [1.82, 2.24) is 25.1 Å². The summed E-state index contributed by atoms with van der Waals surface area (Å²) in [6.45, 7) is 2.19. The van der Waals surface area contributed by atoms with E-state index in [0.717, 1.165) is 29.5 Å². The van der Waals surface area contributed by atoms with Gasteiger partial charge in [-0.2, -0.15) is 18.3 Å². The molecule has 8 nitrogen and oxygen atoms in total. The fourth-order valence-electron chi connectivity index (χ4n) is 2.94. The van der Waals surface area contributed by atoms with Crippen molar-refractivity contribution >= 4 is 24.0 Å². The van der Waals surface area contributed by atoms with Gasteiger partial charge in [-0.05, 0) is 17.7 Å². The summed E-state index contributed by atoms with van der Waals surface area (Å²) < 4.78 is 45.1. The molecule has 1 saturated heterocycles. The molecule has 3 heterocycles. The van der Waals surface area contributed by atoms with Gasteiger partial charge in [0, 0.05) is 37.2 Å². The number of nitrogens with one attached hydrogen (secondary N) is 2. The Hall–Kier alpha value is -3.02. The van der Waals surface area contributed by atoms with Crippen LogP contribution in [-0.2, 0) is 10.9 Å². The van der Waals surface area contributed by atoms with Crippen molar-refractivity contribution in [2.75, 3.05) is 25.0 Å². The van der Waals surface area contributed by atoms with Crippen molar-refractivity contribution < 1.29 is 22.7 Å². The van der Waals surface area contributed by atoms with E-state index >= 15 is 0 Å². The van der Waals surface area contributed by atoms with Gasteiger partial charge in [0.1, 0.15) is 0 Å². The minimum atomic E-state index is -4.67. The number of hydrogen-bond acceptors (Lipinski definition) is 6. The Morgan fingerprint density at radius 2 is 2.00 bits per heavy atom. The molecular formula is C19H18ClF3N6O2. The summed E-state index contributed by atoms with van der Waals surface area (Å²) in [6.07, 6.45) is -1.17. The Balaban J connectivity index is 0.00000272. The maximum Gasteiger partial charge on any atom is 0.451 e. The third-order valence-corrected chi connectivity index (χ3v) is 4.44. The lowest BCUT2D eigenvalue weighted by molar-refractivity contribution is -0.145. The first-order chi connectivity index (χ1) is 14.4. The molecule has 164 valence electrons. The predicted octanol–water partition coefficient (Wildman–Crippen LogP) is 3.02. The van der Waals surface area contributed by atoms with Crippen molar-refractivity contribution in [3.05, 3.63) is 65.9 Å². The van der Waals surface area contributed by atoms with Crippen molar-refractivity contribution in [3.8, 4) is 5.82 Å². The Morgan fingerprint density at radius 1 is 1.23 bits per heavy atom. The molecule has 0 aliphatic carbocycles. The van der Waals surface area contributed by atoms with E-state index in [-0.39, 0.29) is 29.9 Å². The fraction of sp³-hybridized carbons (Fsp3) is 0.263. The minimum Gasteiger partial charge on any atom is -0.371 e. The number of alkyl halides is 3. The van der Waals surface area contributed by atoms with Crippen LogP contribution in [0.5, 0.6) is 0 Å². The molecule has 0 spiro atoms. The van der Waals surface area contributed by atoms with Crippen molar-refractivity contribution in [3.63, 3.8) is 0 Å². The van der Waals surface area contributed by atoms with E-state index < -0.39 is 17.9 Å². The smallest absolute Gasteiger partial charge is 0.371 e. The number of ether oxygens (including phenoxy) is 1. The molecule has 1 fully saturated rings. The second kappa shape index (κ2) is 9.41. The van der Waals surface area contributed by atoms with Crippen LogP contribution in [0, 0.1) is 0 Å². The summed E-state index contributed by atoms with van der Waals surface area (Å²) in [5, 5.41) is 9.90. The zero-order valence-electron chi connectivity index (χ0n) is 16.0. The van der Waals surface area contributed by atoms with Gasteiger partial charge in [0.2, 0.25) is 5.82 Å². The van der Waals surface area contributed by atoms with Gasteiger partial charge in [0.15, 0.2) is 5.82 Å². The Labute approximate surface area is 181 Å². The first-order valence-corrected chi connectivity index (χ1v) is 9.09. The molecule has 3 aromatic rings. The lowest BCUT2D eigenvalue weighted by Crippen LogP contribution is -2.33. The van der Waals surface area contributed by atoms with Gasteiger partial charge >= 0.3 is 6.18 Å². The van der Waals surface area contributed by atoms with Crippen LogP contribution in [0.15, 0.2) is 48.9 Å². The van der Waals surface area contributed by atoms with Gasteiger partial charge in [-0.3, -0.25) is 4.79 Å². The number of halogens is 4. The van der Waals surface area contributed by atoms with Crippen LogP contribution in [-0.4, -0.2) is 45.4 Å². The van der Waals surface area contributed by atoms with Crippen molar-refractivity contribution in [1.29, 1.82) is 0 Å². The SMILES string of the molecule is Cl.O=C(Nc1ccc([C@H]2CNCCO2)cc1)c1cnn(-c2ccnc(C(F)(F)F)n2)c1. The monoisotopic (exact) mass is 454 g/mol. The quantitative estimate of drug-likeness (QED) is 0.629. The van der Waals surface area contributed by atoms with Crippen molar-refractivity contribution in [2.45, 2.75) is 12.3 Å². The number of anilines is 1. The van der Waals surface area contributed by atoms with Gasteiger partial charge in [-0.1, -0.05) is 12.1 Å². The number of rotatable bonds is 4. The summed E-state index contributed by atoms with van der Waals surface area (Å²) in [7, 11) is 0. The number of amides is 1. The average molecular weight is 455 g/mol. The van der Waals surface area contributed by atoms with Gasteiger partial charge in [-0.15, -0.1) is 12.4 Å². The Kier molecular flexibility index (Phi) is 6.88. The summed E-state index contributed by atoms with van der Waals surface area (Å²) in [5.41, 5.74) is 1.74. The normalized spacial score (nSPS) is 16.4. The van der Waals surface area contributed by atoms with Gasteiger partial charge < -0.3 is 15.4 Å². The first kappa shape index (κ1) is 22.7. The standard InChI is InChI=1S/C19H17F3N6O2.ClH/c20-19(21,22)18-24-6-5-16(27-18)28-11-13(9-25-28)17(29)26-14-3-1-12(2-4-14)15-10-23-7-8-30-15;/h1-6,9,11,15,23H,7-8,10H2,(H,26,29);1H/t15-;/m1./s1. The van der Waals surface area contributed by atoms with Crippen LogP contribution in [0.2, 0.25) is 0 Å². The molecule has 12 heteroatoms. The summed E-state index contributed by atoms with van der Waals surface area (Å²) in [4.78, 5) is 19.1. The molecule has 0 radical (unpaired) electrons. The van der Waals surface area contributed by atoms with E-state index in [2.05, 4.69) is 25.7 Å². The van der Waals surface area contributed by atoms with Gasteiger partial charge in [-0.25, -0.2) is 14.6 Å². The highest BCUT2D eigenvalue weighted by Gasteiger charge is 2.34. The molecule has 1 aromatic carbocycles. The van der Waals surface area contributed by atoms with Crippen LogP contribution in [0.25, 0.3) is 5.82 Å². The number of carbonyl (C=O) groups excluding carboxylic acids is 1. The number of nitrogens with zero attached hydrogens (tertiary/aromatic N) is 4. The van der Waals surface area contributed by atoms with Crippen LogP contribution in [0.3, 0.4) is 0 Å². The zero-order valence-corrected chi connectivity index (χ0v) is 16.8. The molecule has 2 aromatic heterocycles. The molecular weight excluding hydrogens is 437 g/mol. The minimum absolute atomic E-state index is 0. The van der Waals surface area contributed by atoms with Crippen LogP contribution >= 0.6 is 12.4 Å². The number of morpholine rings is 1. The highest BCUT2D eigenvalue weighted by atomic mass is 35.5. The van der Waals surface area contributed by atoms with Crippen LogP contribution in [0.1, 0.15) is 27.8 Å². The lowest BCUT2D eigenvalue weighted by atomic mass is 10.1. The van der Waals surface area contributed by atoms with E-state index in [1.54, 1.807) is 12.1 Å². The van der Waals surface area contributed by atoms with E-state index in [9.17, 15) is 18.0 Å². The van der Waals surface area contributed by atoms with E-state index in [4.69, 9.17) is 4.74 Å². The molecule has 2 N–H and O–H groups in total. The summed E-state index contributed by atoms with van der Waals surface area (Å²) in [6, 6.07) is 8.53. The molecule has 0 bridgehead atoms. The number of aromatic nitrogens is 4.